The van der Waals surface area contributed by atoms with E-state index in [1.165, 1.54) is 0 Å². The lowest BCUT2D eigenvalue weighted by molar-refractivity contribution is -0.118. The van der Waals surface area contributed by atoms with Crippen LogP contribution in [0.1, 0.15) is 27.0 Å². The standard InChI is InChI=1S/C24H24N2O3/c1-17-12-13-18(2)21(14-17)26-23(27)16-29-22-11-7-6-10-20(22)24(28)25-15-19-8-4-3-5-9-19/h3-14H,15-16H2,1-2H3,(H,25,28)(H,26,27). The summed E-state index contributed by atoms with van der Waals surface area (Å²) in [6.45, 7) is 4.13. The summed E-state index contributed by atoms with van der Waals surface area (Å²) in [4.78, 5) is 24.9. The third-order valence-electron chi connectivity index (χ3n) is 4.45. The van der Waals surface area contributed by atoms with Crippen molar-refractivity contribution in [3.63, 3.8) is 0 Å². The molecule has 0 saturated heterocycles. The predicted molar refractivity (Wildman–Crippen MR) is 114 cm³/mol. The number of carbonyl (C=O) groups is 2. The third kappa shape index (κ3) is 5.69. The molecule has 0 aliphatic carbocycles. The van der Waals surface area contributed by atoms with Crippen molar-refractivity contribution in [2.75, 3.05) is 11.9 Å². The molecule has 0 unspecified atom stereocenters. The van der Waals surface area contributed by atoms with Crippen molar-refractivity contribution in [3.8, 4) is 5.75 Å². The Morgan fingerprint density at radius 1 is 0.897 bits per heavy atom. The number of aryl methyl sites for hydroxylation is 2. The van der Waals surface area contributed by atoms with Crippen molar-refractivity contribution in [3.05, 3.63) is 95.1 Å². The van der Waals surface area contributed by atoms with Gasteiger partial charge < -0.3 is 15.4 Å². The molecule has 0 spiro atoms. The van der Waals surface area contributed by atoms with Gasteiger partial charge in [-0.25, -0.2) is 0 Å². The molecule has 0 atom stereocenters. The molecule has 5 nitrogen and oxygen atoms in total. The van der Waals surface area contributed by atoms with E-state index < -0.39 is 0 Å². The maximum Gasteiger partial charge on any atom is 0.262 e. The van der Waals surface area contributed by atoms with Crippen molar-refractivity contribution in [1.82, 2.24) is 5.32 Å². The average Bonchev–Trinajstić information content (AvgIpc) is 2.74. The lowest BCUT2D eigenvalue weighted by Crippen LogP contribution is -2.25. The van der Waals surface area contributed by atoms with Gasteiger partial charge in [-0.05, 0) is 48.7 Å². The quantitative estimate of drug-likeness (QED) is 0.636. The number of carbonyl (C=O) groups excluding carboxylic acids is 2. The fourth-order valence-electron chi connectivity index (χ4n) is 2.85. The van der Waals surface area contributed by atoms with Crippen LogP contribution in [0, 0.1) is 13.8 Å². The van der Waals surface area contributed by atoms with E-state index in [9.17, 15) is 9.59 Å². The Kier molecular flexibility index (Phi) is 6.63. The van der Waals surface area contributed by atoms with Crippen LogP contribution < -0.4 is 15.4 Å². The first-order valence-electron chi connectivity index (χ1n) is 9.44. The van der Waals surface area contributed by atoms with Crippen LogP contribution in [0.25, 0.3) is 0 Å². The topological polar surface area (TPSA) is 67.4 Å². The van der Waals surface area contributed by atoms with Crippen LogP contribution >= 0.6 is 0 Å². The zero-order valence-corrected chi connectivity index (χ0v) is 16.6. The number of nitrogens with one attached hydrogen (secondary N) is 2. The van der Waals surface area contributed by atoms with Crippen molar-refractivity contribution in [2.24, 2.45) is 0 Å². The van der Waals surface area contributed by atoms with Crippen LogP contribution in [0.3, 0.4) is 0 Å². The zero-order chi connectivity index (χ0) is 20.6. The monoisotopic (exact) mass is 388 g/mol. The van der Waals surface area contributed by atoms with Crippen LogP contribution in [0.2, 0.25) is 0 Å². The first-order chi connectivity index (χ1) is 14.0. The molecule has 0 fully saturated rings. The molecule has 0 aromatic heterocycles. The van der Waals surface area contributed by atoms with E-state index in [0.717, 1.165) is 22.4 Å². The first kappa shape index (κ1) is 20.1. The molecule has 0 bridgehead atoms. The van der Waals surface area contributed by atoms with E-state index in [4.69, 9.17) is 4.74 Å². The maximum absolute atomic E-state index is 12.6. The van der Waals surface area contributed by atoms with E-state index in [-0.39, 0.29) is 18.4 Å². The van der Waals surface area contributed by atoms with E-state index in [1.807, 2.05) is 62.4 Å². The Balaban J connectivity index is 1.60. The number of hydrogen-bond donors (Lipinski definition) is 2. The van der Waals surface area contributed by atoms with Gasteiger partial charge in [-0.15, -0.1) is 0 Å². The molecule has 148 valence electrons. The maximum atomic E-state index is 12.6. The SMILES string of the molecule is Cc1ccc(C)c(NC(=O)COc2ccccc2C(=O)NCc2ccccc2)c1. The predicted octanol–water partition coefficient (Wildman–Crippen LogP) is 4.25. The highest BCUT2D eigenvalue weighted by molar-refractivity contribution is 5.97. The van der Waals surface area contributed by atoms with Crippen LogP contribution in [0.4, 0.5) is 5.69 Å². The normalized spacial score (nSPS) is 10.3. The highest BCUT2D eigenvalue weighted by Gasteiger charge is 2.13. The highest BCUT2D eigenvalue weighted by atomic mass is 16.5. The molecule has 0 heterocycles. The molecule has 0 aliphatic heterocycles. The second-order valence-corrected chi connectivity index (χ2v) is 6.82. The van der Waals surface area contributed by atoms with Crippen molar-refractivity contribution in [2.45, 2.75) is 20.4 Å². The smallest absolute Gasteiger partial charge is 0.262 e. The molecular formula is C24H24N2O3. The van der Waals surface area contributed by atoms with E-state index in [0.29, 0.717) is 17.9 Å². The molecule has 2 N–H and O–H groups in total. The second-order valence-electron chi connectivity index (χ2n) is 6.82. The summed E-state index contributed by atoms with van der Waals surface area (Å²) in [5.41, 5.74) is 4.19. The number of hydrogen-bond acceptors (Lipinski definition) is 3. The molecular weight excluding hydrogens is 364 g/mol. The minimum absolute atomic E-state index is 0.184. The Hall–Kier alpha value is -3.60. The Labute approximate surface area is 170 Å². The van der Waals surface area contributed by atoms with Crippen molar-refractivity contribution >= 4 is 17.5 Å². The summed E-state index contributed by atoms with van der Waals surface area (Å²) >= 11 is 0. The summed E-state index contributed by atoms with van der Waals surface area (Å²) in [6, 6.07) is 22.4. The van der Waals surface area contributed by atoms with E-state index in [1.54, 1.807) is 24.3 Å². The lowest BCUT2D eigenvalue weighted by atomic mass is 10.1. The van der Waals surface area contributed by atoms with Crippen LogP contribution in [-0.4, -0.2) is 18.4 Å². The molecule has 0 radical (unpaired) electrons. The number of benzene rings is 3. The molecule has 3 aromatic carbocycles. The average molecular weight is 388 g/mol. The molecule has 3 rings (SSSR count). The molecule has 2 amide bonds. The number of para-hydroxylation sites is 1. The van der Waals surface area contributed by atoms with Gasteiger partial charge in [-0.2, -0.15) is 0 Å². The van der Waals surface area contributed by atoms with Crippen LogP contribution in [0.15, 0.2) is 72.8 Å². The Bertz CT molecular complexity index is 1000. The highest BCUT2D eigenvalue weighted by Crippen LogP contribution is 2.19. The number of amides is 2. The van der Waals surface area contributed by atoms with E-state index >= 15 is 0 Å². The van der Waals surface area contributed by atoms with Gasteiger partial charge in [-0.1, -0.05) is 54.6 Å². The lowest BCUT2D eigenvalue weighted by Gasteiger charge is -2.13. The minimum Gasteiger partial charge on any atom is -0.483 e. The first-order valence-corrected chi connectivity index (χ1v) is 9.44. The Morgan fingerprint density at radius 2 is 1.62 bits per heavy atom. The van der Waals surface area contributed by atoms with Gasteiger partial charge in [0.1, 0.15) is 5.75 Å². The summed E-state index contributed by atoms with van der Waals surface area (Å²) < 4.78 is 5.64. The van der Waals surface area contributed by atoms with Gasteiger partial charge in [0.2, 0.25) is 0 Å². The van der Waals surface area contributed by atoms with Crippen LogP contribution in [-0.2, 0) is 11.3 Å². The van der Waals surface area contributed by atoms with Crippen LogP contribution in [0.5, 0.6) is 5.75 Å². The van der Waals surface area contributed by atoms with Gasteiger partial charge in [0, 0.05) is 12.2 Å². The van der Waals surface area contributed by atoms with E-state index in [2.05, 4.69) is 10.6 Å². The second kappa shape index (κ2) is 9.55. The number of ether oxygens (including phenoxy) is 1. The molecule has 29 heavy (non-hydrogen) atoms. The fraction of sp³-hybridized carbons (Fsp3) is 0.167. The summed E-state index contributed by atoms with van der Waals surface area (Å²) in [5, 5.41) is 5.73. The van der Waals surface area contributed by atoms with Crippen molar-refractivity contribution in [1.29, 1.82) is 0 Å². The van der Waals surface area contributed by atoms with Gasteiger partial charge in [0.25, 0.3) is 11.8 Å². The summed E-state index contributed by atoms with van der Waals surface area (Å²) in [6.07, 6.45) is 0. The van der Waals surface area contributed by atoms with Gasteiger partial charge in [-0.3, -0.25) is 9.59 Å². The molecule has 5 heteroatoms. The van der Waals surface area contributed by atoms with Crippen molar-refractivity contribution < 1.29 is 14.3 Å². The Morgan fingerprint density at radius 3 is 2.41 bits per heavy atom. The molecule has 3 aromatic rings. The largest absolute Gasteiger partial charge is 0.483 e. The summed E-state index contributed by atoms with van der Waals surface area (Å²) in [7, 11) is 0. The van der Waals surface area contributed by atoms with Gasteiger partial charge >= 0.3 is 0 Å². The molecule has 0 aliphatic rings. The number of anilines is 1. The van der Waals surface area contributed by atoms with Gasteiger partial charge in [0.05, 0.1) is 5.56 Å². The zero-order valence-electron chi connectivity index (χ0n) is 16.6. The third-order valence-corrected chi connectivity index (χ3v) is 4.45. The number of rotatable bonds is 7. The molecule has 0 saturated carbocycles. The minimum atomic E-state index is -0.279. The van der Waals surface area contributed by atoms with Gasteiger partial charge in [0.15, 0.2) is 6.61 Å². The fourth-order valence-corrected chi connectivity index (χ4v) is 2.85. The summed E-state index contributed by atoms with van der Waals surface area (Å²) in [5.74, 6) is -0.160.